The summed E-state index contributed by atoms with van der Waals surface area (Å²) in [6.07, 6.45) is 0.534. The van der Waals surface area contributed by atoms with Crippen molar-refractivity contribution in [3.63, 3.8) is 0 Å². The van der Waals surface area contributed by atoms with Gasteiger partial charge in [-0.05, 0) is 31.9 Å². The minimum Gasteiger partial charge on any atom is -0.478 e. The van der Waals surface area contributed by atoms with Gasteiger partial charge in [0.05, 0.1) is 5.56 Å². The number of carbonyl (C=O) groups excluding carboxylic acids is 1. The third-order valence-corrected chi connectivity index (χ3v) is 3.32. The predicted octanol–water partition coefficient (Wildman–Crippen LogP) is 2.32. The fraction of sp³-hybridized carbons (Fsp3) is 0.467. The van der Waals surface area contributed by atoms with Gasteiger partial charge in [0.1, 0.15) is 0 Å². The SMILES string of the molecule is CCN(CC)C(=O)N(C)CCc1ccccc1C(=O)O. The van der Waals surface area contributed by atoms with Crippen molar-refractivity contribution in [1.29, 1.82) is 0 Å². The van der Waals surface area contributed by atoms with Crippen LogP contribution >= 0.6 is 0 Å². The lowest BCUT2D eigenvalue weighted by molar-refractivity contribution is 0.0695. The van der Waals surface area contributed by atoms with Crippen molar-refractivity contribution in [3.05, 3.63) is 35.4 Å². The highest BCUT2D eigenvalue weighted by Gasteiger charge is 2.15. The molecule has 20 heavy (non-hydrogen) atoms. The van der Waals surface area contributed by atoms with Crippen molar-refractivity contribution >= 4 is 12.0 Å². The summed E-state index contributed by atoms with van der Waals surface area (Å²) in [5, 5.41) is 9.12. The van der Waals surface area contributed by atoms with Crippen LogP contribution in [0.3, 0.4) is 0 Å². The molecular weight excluding hydrogens is 256 g/mol. The number of benzene rings is 1. The average molecular weight is 278 g/mol. The Kier molecular flexibility index (Phi) is 6.03. The molecule has 0 saturated heterocycles. The smallest absolute Gasteiger partial charge is 0.335 e. The number of carboxylic acids is 1. The van der Waals surface area contributed by atoms with E-state index in [1.54, 1.807) is 35.0 Å². The maximum atomic E-state index is 12.1. The molecule has 0 radical (unpaired) electrons. The van der Waals surface area contributed by atoms with Gasteiger partial charge >= 0.3 is 12.0 Å². The number of aromatic carboxylic acids is 1. The summed E-state index contributed by atoms with van der Waals surface area (Å²) in [5.41, 5.74) is 1.05. The Morgan fingerprint density at radius 2 is 1.75 bits per heavy atom. The van der Waals surface area contributed by atoms with Gasteiger partial charge in [0.15, 0.2) is 0 Å². The molecule has 1 N–H and O–H groups in total. The molecule has 0 spiro atoms. The van der Waals surface area contributed by atoms with Gasteiger partial charge in [0.2, 0.25) is 0 Å². The number of rotatable bonds is 6. The molecule has 0 unspecified atom stereocenters. The summed E-state index contributed by atoms with van der Waals surface area (Å²) >= 11 is 0. The zero-order chi connectivity index (χ0) is 15.1. The van der Waals surface area contributed by atoms with Gasteiger partial charge < -0.3 is 14.9 Å². The van der Waals surface area contributed by atoms with Crippen molar-refractivity contribution in [1.82, 2.24) is 9.80 Å². The molecule has 1 aromatic carbocycles. The van der Waals surface area contributed by atoms with E-state index in [9.17, 15) is 9.59 Å². The van der Waals surface area contributed by atoms with E-state index >= 15 is 0 Å². The van der Waals surface area contributed by atoms with Crippen molar-refractivity contribution in [2.75, 3.05) is 26.7 Å². The van der Waals surface area contributed by atoms with E-state index in [-0.39, 0.29) is 6.03 Å². The molecule has 0 aliphatic carbocycles. The van der Waals surface area contributed by atoms with Crippen LogP contribution < -0.4 is 0 Å². The van der Waals surface area contributed by atoms with Gasteiger partial charge in [-0.25, -0.2) is 9.59 Å². The molecule has 1 aromatic rings. The number of nitrogens with zero attached hydrogens (tertiary/aromatic N) is 2. The van der Waals surface area contributed by atoms with Crippen LogP contribution in [0.25, 0.3) is 0 Å². The summed E-state index contributed by atoms with van der Waals surface area (Å²) in [4.78, 5) is 26.6. The van der Waals surface area contributed by atoms with Crippen molar-refractivity contribution in [2.45, 2.75) is 20.3 Å². The number of hydrogen-bond donors (Lipinski definition) is 1. The van der Waals surface area contributed by atoms with Crippen LogP contribution in [0.2, 0.25) is 0 Å². The normalized spacial score (nSPS) is 10.2. The maximum Gasteiger partial charge on any atom is 0.335 e. The number of urea groups is 1. The Morgan fingerprint density at radius 3 is 2.30 bits per heavy atom. The first-order valence-corrected chi connectivity index (χ1v) is 6.82. The Balaban J connectivity index is 2.68. The summed E-state index contributed by atoms with van der Waals surface area (Å²) in [5.74, 6) is -0.932. The first-order chi connectivity index (χ1) is 9.51. The lowest BCUT2D eigenvalue weighted by Crippen LogP contribution is -2.41. The molecule has 2 amide bonds. The third kappa shape index (κ3) is 3.98. The van der Waals surface area contributed by atoms with Gasteiger partial charge in [0.25, 0.3) is 0 Å². The molecule has 1 rings (SSSR count). The second-order valence-corrected chi connectivity index (χ2v) is 4.59. The third-order valence-electron chi connectivity index (χ3n) is 3.32. The molecule has 0 aliphatic heterocycles. The molecular formula is C15H22N2O3. The van der Waals surface area contributed by atoms with E-state index in [1.807, 2.05) is 19.9 Å². The van der Waals surface area contributed by atoms with Crippen LogP contribution in [0.1, 0.15) is 29.8 Å². The van der Waals surface area contributed by atoms with Crippen molar-refractivity contribution in [2.24, 2.45) is 0 Å². The zero-order valence-corrected chi connectivity index (χ0v) is 12.3. The fourth-order valence-corrected chi connectivity index (χ4v) is 2.07. The molecule has 5 nitrogen and oxygen atoms in total. The number of likely N-dealkylation sites (N-methyl/N-ethyl adjacent to an activating group) is 1. The van der Waals surface area contributed by atoms with Crippen LogP contribution in [0.5, 0.6) is 0 Å². The van der Waals surface area contributed by atoms with Crippen LogP contribution in [0.4, 0.5) is 4.79 Å². The lowest BCUT2D eigenvalue weighted by Gasteiger charge is -2.26. The van der Waals surface area contributed by atoms with Gasteiger partial charge in [-0.2, -0.15) is 0 Å². The van der Waals surface area contributed by atoms with Crippen molar-refractivity contribution < 1.29 is 14.7 Å². The molecule has 0 aliphatic rings. The van der Waals surface area contributed by atoms with Gasteiger partial charge in [-0.3, -0.25) is 0 Å². The largest absolute Gasteiger partial charge is 0.478 e. The molecule has 0 saturated carbocycles. The fourth-order valence-electron chi connectivity index (χ4n) is 2.07. The molecule has 0 atom stereocenters. The monoisotopic (exact) mass is 278 g/mol. The van der Waals surface area contributed by atoms with E-state index < -0.39 is 5.97 Å². The minimum atomic E-state index is -0.932. The average Bonchev–Trinajstić information content (AvgIpc) is 2.46. The van der Waals surface area contributed by atoms with Gasteiger partial charge in [-0.15, -0.1) is 0 Å². The van der Waals surface area contributed by atoms with Crippen LogP contribution in [0.15, 0.2) is 24.3 Å². The Labute approximate surface area is 119 Å². The standard InChI is InChI=1S/C15H22N2O3/c1-4-17(5-2)15(20)16(3)11-10-12-8-6-7-9-13(12)14(18)19/h6-9H,4-5,10-11H2,1-3H3,(H,18,19). The van der Waals surface area contributed by atoms with Crippen molar-refractivity contribution in [3.8, 4) is 0 Å². The predicted molar refractivity (Wildman–Crippen MR) is 78.1 cm³/mol. The molecule has 0 heterocycles. The molecule has 5 heteroatoms. The molecule has 0 aromatic heterocycles. The van der Waals surface area contributed by atoms with Gasteiger partial charge in [0, 0.05) is 26.7 Å². The second kappa shape index (κ2) is 7.53. The molecule has 0 fully saturated rings. The van der Waals surface area contributed by atoms with E-state index in [0.717, 1.165) is 5.56 Å². The summed E-state index contributed by atoms with van der Waals surface area (Å²) in [7, 11) is 1.74. The number of amides is 2. The highest BCUT2D eigenvalue weighted by molar-refractivity contribution is 5.89. The highest BCUT2D eigenvalue weighted by atomic mass is 16.4. The number of carboxylic acid groups (broad SMARTS) is 1. The first-order valence-electron chi connectivity index (χ1n) is 6.82. The van der Waals surface area contributed by atoms with Gasteiger partial charge in [-0.1, -0.05) is 18.2 Å². The first kappa shape index (κ1) is 16.0. The second-order valence-electron chi connectivity index (χ2n) is 4.59. The van der Waals surface area contributed by atoms with E-state index in [2.05, 4.69) is 0 Å². The van der Waals surface area contributed by atoms with Crippen LogP contribution in [0, 0.1) is 0 Å². The quantitative estimate of drug-likeness (QED) is 0.868. The Morgan fingerprint density at radius 1 is 1.15 bits per heavy atom. The summed E-state index contributed by atoms with van der Waals surface area (Å²) in [6.45, 7) is 5.72. The summed E-state index contributed by atoms with van der Waals surface area (Å²) in [6, 6.07) is 6.87. The van der Waals surface area contributed by atoms with Crippen LogP contribution in [-0.2, 0) is 6.42 Å². The Bertz CT molecular complexity index is 470. The van der Waals surface area contributed by atoms with E-state index in [0.29, 0.717) is 31.6 Å². The number of hydrogen-bond acceptors (Lipinski definition) is 2. The Hall–Kier alpha value is -2.04. The highest BCUT2D eigenvalue weighted by Crippen LogP contribution is 2.10. The number of carbonyl (C=O) groups is 2. The molecule has 110 valence electrons. The molecule has 0 bridgehead atoms. The maximum absolute atomic E-state index is 12.1. The van der Waals surface area contributed by atoms with E-state index in [4.69, 9.17) is 5.11 Å². The lowest BCUT2D eigenvalue weighted by atomic mass is 10.0. The zero-order valence-electron chi connectivity index (χ0n) is 12.3. The topological polar surface area (TPSA) is 60.9 Å². The van der Waals surface area contributed by atoms with Crippen LogP contribution in [-0.4, -0.2) is 53.6 Å². The minimum absolute atomic E-state index is 0.0252. The summed E-state index contributed by atoms with van der Waals surface area (Å²) < 4.78 is 0. The van der Waals surface area contributed by atoms with E-state index in [1.165, 1.54) is 0 Å².